The number of aryl methyl sites for hydroxylation is 1. The van der Waals surface area contributed by atoms with E-state index in [4.69, 9.17) is 0 Å². The number of aromatic nitrogens is 1. The van der Waals surface area contributed by atoms with Gasteiger partial charge in [-0.15, -0.1) is 0 Å². The van der Waals surface area contributed by atoms with Crippen LogP contribution in [-0.4, -0.2) is 58.8 Å². The van der Waals surface area contributed by atoms with Crippen molar-refractivity contribution >= 4 is 17.5 Å². The van der Waals surface area contributed by atoms with Gasteiger partial charge in [-0.1, -0.05) is 37.5 Å². The first-order valence-electron chi connectivity index (χ1n) is 13.3. The molecule has 0 radical (unpaired) electrons. The summed E-state index contributed by atoms with van der Waals surface area (Å²) in [5.74, 6) is 0.382. The minimum atomic E-state index is 0.00738. The first-order valence-corrected chi connectivity index (χ1v) is 13.3. The first-order chi connectivity index (χ1) is 17.0. The molecule has 0 spiro atoms. The third-order valence-electron chi connectivity index (χ3n) is 7.60. The zero-order valence-corrected chi connectivity index (χ0v) is 21.6. The zero-order valence-electron chi connectivity index (χ0n) is 21.6. The van der Waals surface area contributed by atoms with Crippen LogP contribution < -0.4 is 4.90 Å². The topological polar surface area (TPSA) is 56.8 Å². The number of fused-ring (bicyclic) bond motifs is 1. The van der Waals surface area contributed by atoms with Crippen LogP contribution in [0.15, 0.2) is 42.7 Å². The Kier molecular flexibility index (Phi) is 8.55. The number of amides is 2. The van der Waals surface area contributed by atoms with Crippen LogP contribution in [0.1, 0.15) is 73.9 Å². The van der Waals surface area contributed by atoms with Crippen LogP contribution in [0, 0.1) is 12.8 Å². The average molecular weight is 477 g/mol. The smallest absolute Gasteiger partial charge is 0.254 e. The molecule has 1 saturated carbocycles. The summed E-state index contributed by atoms with van der Waals surface area (Å²) < 4.78 is 0. The van der Waals surface area contributed by atoms with Crippen molar-refractivity contribution in [2.24, 2.45) is 5.92 Å². The van der Waals surface area contributed by atoms with Crippen LogP contribution in [0.4, 0.5) is 5.69 Å². The molecule has 4 rings (SSSR count). The van der Waals surface area contributed by atoms with Crippen molar-refractivity contribution < 1.29 is 9.59 Å². The van der Waals surface area contributed by atoms with Crippen LogP contribution in [0.2, 0.25) is 0 Å². The van der Waals surface area contributed by atoms with Gasteiger partial charge in [-0.3, -0.25) is 19.5 Å². The standard InChI is InChI=1S/C29H40N4O2/c1-22(2)31-17-8-18-33(29(35)24-10-5-4-6-11-24)27-23(3)9-7-12-26(27)21-32(20-19-31)28(34)25-13-15-30-16-14-25/h7,9,12-16,22,24H,4-6,8,10-11,17-21H2,1-3H3. The van der Waals surface area contributed by atoms with Crippen LogP contribution in [-0.2, 0) is 11.3 Å². The Bertz CT molecular complexity index is 1000. The van der Waals surface area contributed by atoms with E-state index in [0.717, 1.165) is 62.0 Å². The third kappa shape index (κ3) is 6.10. The highest BCUT2D eigenvalue weighted by molar-refractivity contribution is 5.97. The fraction of sp³-hybridized carbons (Fsp3) is 0.552. The van der Waals surface area contributed by atoms with Crippen LogP contribution in [0.5, 0.6) is 0 Å². The number of hydrogen-bond donors (Lipinski definition) is 0. The number of carbonyl (C=O) groups excluding carboxylic acids is 2. The lowest BCUT2D eigenvalue weighted by Gasteiger charge is -2.33. The molecule has 2 heterocycles. The Hall–Kier alpha value is -2.73. The second-order valence-electron chi connectivity index (χ2n) is 10.4. The van der Waals surface area contributed by atoms with Gasteiger partial charge in [-0.05, 0) is 63.3 Å². The minimum Gasteiger partial charge on any atom is -0.333 e. The first kappa shape index (κ1) is 25.4. The highest BCUT2D eigenvalue weighted by atomic mass is 16.2. The van der Waals surface area contributed by atoms with Gasteiger partial charge in [0.1, 0.15) is 0 Å². The van der Waals surface area contributed by atoms with Crippen molar-refractivity contribution in [3.8, 4) is 0 Å². The molecule has 1 aliphatic carbocycles. The van der Waals surface area contributed by atoms with E-state index in [2.05, 4.69) is 47.7 Å². The van der Waals surface area contributed by atoms with Gasteiger partial charge in [0.2, 0.25) is 5.91 Å². The van der Waals surface area contributed by atoms with E-state index in [1.54, 1.807) is 24.5 Å². The van der Waals surface area contributed by atoms with Gasteiger partial charge in [0.05, 0.1) is 5.69 Å². The number of carbonyl (C=O) groups is 2. The van der Waals surface area contributed by atoms with Crippen molar-refractivity contribution in [1.29, 1.82) is 0 Å². The van der Waals surface area contributed by atoms with Gasteiger partial charge >= 0.3 is 0 Å². The lowest BCUT2D eigenvalue weighted by molar-refractivity contribution is -0.123. The maximum atomic E-state index is 13.9. The van der Waals surface area contributed by atoms with Gasteiger partial charge in [-0.2, -0.15) is 0 Å². The number of nitrogens with zero attached hydrogens (tertiary/aromatic N) is 4. The molecule has 1 aromatic carbocycles. The van der Waals surface area contributed by atoms with E-state index in [9.17, 15) is 9.59 Å². The molecular formula is C29H40N4O2. The predicted molar refractivity (Wildman–Crippen MR) is 140 cm³/mol. The molecule has 0 unspecified atom stereocenters. The number of rotatable bonds is 3. The molecular weight excluding hydrogens is 436 g/mol. The molecule has 0 saturated heterocycles. The normalized spacial score (nSPS) is 18.7. The molecule has 35 heavy (non-hydrogen) atoms. The summed E-state index contributed by atoms with van der Waals surface area (Å²) in [6.45, 7) is 10.1. The largest absolute Gasteiger partial charge is 0.333 e. The quantitative estimate of drug-likeness (QED) is 0.621. The van der Waals surface area contributed by atoms with E-state index in [1.807, 2.05) is 11.0 Å². The Labute approximate surface area is 210 Å². The Morgan fingerprint density at radius 1 is 0.914 bits per heavy atom. The Morgan fingerprint density at radius 2 is 1.66 bits per heavy atom. The predicted octanol–water partition coefficient (Wildman–Crippen LogP) is 5.06. The second-order valence-corrected chi connectivity index (χ2v) is 10.4. The molecule has 6 nitrogen and oxygen atoms in total. The number of para-hydroxylation sites is 1. The number of anilines is 1. The molecule has 188 valence electrons. The highest BCUT2D eigenvalue weighted by Gasteiger charge is 2.30. The summed E-state index contributed by atoms with van der Waals surface area (Å²) in [5.41, 5.74) is 3.81. The molecule has 1 fully saturated rings. The van der Waals surface area contributed by atoms with Crippen molar-refractivity contribution in [3.63, 3.8) is 0 Å². The van der Waals surface area contributed by atoms with E-state index in [-0.39, 0.29) is 17.7 Å². The van der Waals surface area contributed by atoms with Gasteiger partial charge in [0, 0.05) is 62.6 Å². The monoisotopic (exact) mass is 476 g/mol. The summed E-state index contributed by atoms with van der Waals surface area (Å²) in [7, 11) is 0. The molecule has 2 amide bonds. The molecule has 0 bridgehead atoms. The SMILES string of the molecule is Cc1cccc2c1N(C(=O)C1CCCCC1)CCCN(C(C)C)CCN(C(=O)c1ccncc1)C2. The fourth-order valence-corrected chi connectivity index (χ4v) is 5.58. The van der Waals surface area contributed by atoms with E-state index >= 15 is 0 Å². The molecule has 1 aliphatic heterocycles. The average Bonchev–Trinajstić information content (AvgIpc) is 2.91. The van der Waals surface area contributed by atoms with Crippen LogP contribution in [0.25, 0.3) is 0 Å². The van der Waals surface area contributed by atoms with Gasteiger partial charge in [0.15, 0.2) is 0 Å². The summed E-state index contributed by atoms with van der Waals surface area (Å²) in [6, 6.07) is 10.2. The maximum Gasteiger partial charge on any atom is 0.254 e. The van der Waals surface area contributed by atoms with Crippen molar-refractivity contribution in [1.82, 2.24) is 14.8 Å². The van der Waals surface area contributed by atoms with Crippen molar-refractivity contribution in [3.05, 3.63) is 59.4 Å². The number of benzene rings is 1. The summed E-state index contributed by atoms with van der Waals surface area (Å²) in [5, 5.41) is 0. The third-order valence-corrected chi connectivity index (χ3v) is 7.60. The lowest BCUT2D eigenvalue weighted by atomic mass is 9.87. The molecule has 6 heteroatoms. The van der Waals surface area contributed by atoms with Gasteiger partial charge in [0.25, 0.3) is 5.91 Å². The molecule has 0 N–H and O–H groups in total. The summed E-state index contributed by atoms with van der Waals surface area (Å²) in [6.07, 6.45) is 9.74. The molecule has 2 aromatic rings. The molecule has 0 atom stereocenters. The molecule has 1 aromatic heterocycles. The fourth-order valence-electron chi connectivity index (χ4n) is 5.58. The second kappa shape index (κ2) is 11.8. The summed E-state index contributed by atoms with van der Waals surface area (Å²) >= 11 is 0. The van der Waals surface area contributed by atoms with Gasteiger partial charge in [-0.25, -0.2) is 0 Å². The highest BCUT2D eigenvalue weighted by Crippen LogP contribution is 2.32. The van der Waals surface area contributed by atoms with E-state index < -0.39 is 0 Å². The Morgan fingerprint density at radius 3 is 2.37 bits per heavy atom. The van der Waals surface area contributed by atoms with Crippen molar-refractivity contribution in [2.75, 3.05) is 31.1 Å². The van der Waals surface area contributed by atoms with E-state index in [1.165, 1.54) is 6.42 Å². The van der Waals surface area contributed by atoms with Gasteiger partial charge < -0.3 is 9.80 Å². The maximum absolute atomic E-state index is 13.9. The van der Waals surface area contributed by atoms with Crippen LogP contribution in [0.3, 0.4) is 0 Å². The molecule has 2 aliphatic rings. The summed E-state index contributed by atoms with van der Waals surface area (Å²) in [4.78, 5) is 38.0. The number of hydrogen-bond acceptors (Lipinski definition) is 4. The van der Waals surface area contributed by atoms with E-state index in [0.29, 0.717) is 31.2 Å². The number of pyridine rings is 1. The minimum absolute atomic E-state index is 0.00738. The lowest BCUT2D eigenvalue weighted by Crippen LogP contribution is -2.41. The zero-order chi connectivity index (χ0) is 24.8. The Balaban J connectivity index is 1.72. The van der Waals surface area contributed by atoms with Crippen molar-refractivity contribution in [2.45, 2.75) is 71.9 Å². The van der Waals surface area contributed by atoms with Crippen LogP contribution >= 0.6 is 0 Å².